The lowest BCUT2D eigenvalue weighted by Gasteiger charge is -2.37. The maximum absolute atomic E-state index is 12.5. The van der Waals surface area contributed by atoms with Crippen LogP contribution in [0, 0.1) is 0 Å². The molecule has 1 N–H and O–H groups in total. The van der Waals surface area contributed by atoms with Gasteiger partial charge in [-0.25, -0.2) is 4.68 Å². The van der Waals surface area contributed by atoms with E-state index in [4.69, 9.17) is 5.11 Å². The van der Waals surface area contributed by atoms with E-state index in [9.17, 15) is 9.59 Å². The van der Waals surface area contributed by atoms with Crippen LogP contribution in [0.5, 0.6) is 0 Å². The summed E-state index contributed by atoms with van der Waals surface area (Å²) >= 11 is 0. The second kappa shape index (κ2) is 7.36. The van der Waals surface area contributed by atoms with Gasteiger partial charge in [0.1, 0.15) is 5.69 Å². The molecule has 1 amide bonds. The summed E-state index contributed by atoms with van der Waals surface area (Å²) in [4.78, 5) is 26.0. The average molecular weight is 293 g/mol. The lowest BCUT2D eigenvalue weighted by Crippen LogP contribution is -2.46. The number of aromatic nitrogens is 2. The van der Waals surface area contributed by atoms with Crippen molar-refractivity contribution in [2.45, 2.75) is 51.6 Å². The lowest BCUT2D eigenvalue weighted by molar-refractivity contribution is 0.0517. The third kappa shape index (κ3) is 3.69. The van der Waals surface area contributed by atoms with Gasteiger partial charge in [-0.2, -0.15) is 5.10 Å². The zero-order valence-electron chi connectivity index (χ0n) is 12.5. The highest BCUT2D eigenvalue weighted by molar-refractivity contribution is 5.92. The monoisotopic (exact) mass is 293 g/mol. The van der Waals surface area contributed by atoms with Crippen molar-refractivity contribution in [1.82, 2.24) is 14.7 Å². The van der Waals surface area contributed by atoms with Crippen LogP contribution in [0.2, 0.25) is 0 Å². The van der Waals surface area contributed by atoms with Crippen LogP contribution in [-0.4, -0.2) is 44.9 Å². The Balaban J connectivity index is 2.18. The predicted molar refractivity (Wildman–Crippen MR) is 79.2 cm³/mol. The number of carbonyl (C=O) groups excluding carboxylic acids is 1. The van der Waals surface area contributed by atoms with Crippen LogP contribution in [0.1, 0.15) is 49.5 Å². The standard InChI is InChI=1S/C15H23N3O3/c1-2-3-9-18-14(20)8-7-13(16-18)15(21)17(10-11-19)12-5-4-6-12/h7-8,12,19H,2-6,9-11H2,1H3. The number of rotatable bonds is 7. The maximum Gasteiger partial charge on any atom is 0.274 e. The quantitative estimate of drug-likeness (QED) is 0.814. The van der Waals surface area contributed by atoms with Crippen molar-refractivity contribution in [3.05, 3.63) is 28.2 Å². The van der Waals surface area contributed by atoms with Crippen LogP contribution >= 0.6 is 0 Å². The summed E-state index contributed by atoms with van der Waals surface area (Å²) in [6.45, 7) is 2.83. The van der Waals surface area contributed by atoms with E-state index in [1.807, 2.05) is 6.92 Å². The number of nitrogens with zero attached hydrogens (tertiary/aromatic N) is 3. The van der Waals surface area contributed by atoms with Crippen molar-refractivity contribution in [2.75, 3.05) is 13.2 Å². The van der Waals surface area contributed by atoms with Crippen molar-refractivity contribution in [3.63, 3.8) is 0 Å². The summed E-state index contributed by atoms with van der Waals surface area (Å²) in [6, 6.07) is 3.08. The van der Waals surface area contributed by atoms with E-state index in [-0.39, 0.29) is 29.8 Å². The molecular weight excluding hydrogens is 270 g/mol. The first-order valence-corrected chi connectivity index (χ1v) is 7.67. The van der Waals surface area contributed by atoms with Gasteiger partial charge in [-0.15, -0.1) is 0 Å². The smallest absolute Gasteiger partial charge is 0.274 e. The summed E-state index contributed by atoms with van der Waals surface area (Å²) in [7, 11) is 0. The third-order valence-corrected chi connectivity index (χ3v) is 3.93. The molecule has 116 valence electrons. The van der Waals surface area contributed by atoms with E-state index in [0.717, 1.165) is 32.1 Å². The van der Waals surface area contributed by atoms with Crippen LogP contribution in [0.15, 0.2) is 16.9 Å². The molecule has 0 bridgehead atoms. The van der Waals surface area contributed by atoms with E-state index in [0.29, 0.717) is 13.1 Å². The number of carbonyl (C=O) groups is 1. The molecule has 0 unspecified atom stereocenters. The molecule has 0 saturated heterocycles. The number of aliphatic hydroxyl groups excluding tert-OH is 1. The van der Waals surface area contributed by atoms with Gasteiger partial charge in [0.25, 0.3) is 11.5 Å². The largest absolute Gasteiger partial charge is 0.395 e. The SMILES string of the molecule is CCCCn1nc(C(=O)N(CCO)C2CCC2)ccc1=O. The highest BCUT2D eigenvalue weighted by atomic mass is 16.3. The Morgan fingerprint density at radius 3 is 2.81 bits per heavy atom. The van der Waals surface area contributed by atoms with Gasteiger partial charge in [0.2, 0.25) is 0 Å². The molecule has 0 atom stereocenters. The Kier molecular flexibility index (Phi) is 5.50. The molecule has 1 aliphatic rings. The maximum atomic E-state index is 12.5. The minimum atomic E-state index is -0.195. The van der Waals surface area contributed by atoms with Crippen LogP contribution in [0.4, 0.5) is 0 Å². The van der Waals surface area contributed by atoms with Gasteiger partial charge < -0.3 is 10.0 Å². The van der Waals surface area contributed by atoms with Crippen molar-refractivity contribution in [2.24, 2.45) is 0 Å². The van der Waals surface area contributed by atoms with Crippen molar-refractivity contribution in [3.8, 4) is 0 Å². The number of aryl methyl sites for hydroxylation is 1. The summed E-state index contributed by atoms with van der Waals surface area (Å²) in [6.07, 6.45) is 4.88. The normalized spacial score (nSPS) is 14.8. The van der Waals surface area contributed by atoms with E-state index < -0.39 is 0 Å². The zero-order valence-corrected chi connectivity index (χ0v) is 12.5. The molecule has 0 aromatic carbocycles. The molecule has 0 spiro atoms. The summed E-state index contributed by atoms with van der Waals surface area (Å²) in [5.41, 5.74) is 0.100. The number of hydrogen-bond donors (Lipinski definition) is 1. The molecule has 1 aliphatic carbocycles. The van der Waals surface area contributed by atoms with Crippen molar-refractivity contribution >= 4 is 5.91 Å². The highest BCUT2D eigenvalue weighted by Gasteiger charge is 2.29. The number of amides is 1. The fourth-order valence-corrected chi connectivity index (χ4v) is 2.43. The predicted octanol–water partition coefficient (Wildman–Crippen LogP) is 1.03. The van der Waals surface area contributed by atoms with Gasteiger partial charge in [0.05, 0.1) is 6.61 Å². The Hall–Kier alpha value is -1.69. The molecule has 1 saturated carbocycles. The van der Waals surface area contributed by atoms with Gasteiger partial charge in [0.15, 0.2) is 0 Å². The number of aliphatic hydroxyl groups is 1. The van der Waals surface area contributed by atoms with E-state index in [1.54, 1.807) is 4.90 Å². The second-order valence-electron chi connectivity index (χ2n) is 5.44. The van der Waals surface area contributed by atoms with E-state index >= 15 is 0 Å². The second-order valence-corrected chi connectivity index (χ2v) is 5.44. The highest BCUT2D eigenvalue weighted by Crippen LogP contribution is 2.25. The molecule has 6 nitrogen and oxygen atoms in total. The fourth-order valence-electron chi connectivity index (χ4n) is 2.43. The molecule has 1 aromatic heterocycles. The van der Waals surface area contributed by atoms with Gasteiger partial charge in [-0.1, -0.05) is 13.3 Å². The average Bonchev–Trinajstić information content (AvgIpc) is 2.43. The lowest BCUT2D eigenvalue weighted by atomic mass is 9.91. The van der Waals surface area contributed by atoms with E-state index in [2.05, 4.69) is 5.10 Å². The van der Waals surface area contributed by atoms with Gasteiger partial charge in [-0.05, 0) is 31.7 Å². The zero-order chi connectivity index (χ0) is 15.2. The summed E-state index contributed by atoms with van der Waals surface area (Å²) in [5, 5.41) is 13.3. The Morgan fingerprint density at radius 2 is 2.24 bits per heavy atom. The summed E-state index contributed by atoms with van der Waals surface area (Å²) < 4.78 is 1.36. The van der Waals surface area contributed by atoms with Crippen molar-refractivity contribution in [1.29, 1.82) is 0 Å². The summed E-state index contributed by atoms with van der Waals surface area (Å²) in [5.74, 6) is -0.195. The molecule has 0 radical (unpaired) electrons. The number of unbranched alkanes of at least 4 members (excludes halogenated alkanes) is 1. The van der Waals surface area contributed by atoms with Crippen LogP contribution in [0.25, 0.3) is 0 Å². The molecule has 1 heterocycles. The van der Waals surface area contributed by atoms with Gasteiger partial charge in [-0.3, -0.25) is 9.59 Å². The molecule has 1 fully saturated rings. The molecule has 1 aromatic rings. The first kappa shape index (κ1) is 15.7. The third-order valence-electron chi connectivity index (χ3n) is 3.93. The Labute approximate surface area is 124 Å². The topological polar surface area (TPSA) is 75.4 Å². The first-order chi connectivity index (χ1) is 10.2. The van der Waals surface area contributed by atoms with Gasteiger partial charge in [0, 0.05) is 25.2 Å². The van der Waals surface area contributed by atoms with Crippen LogP contribution < -0.4 is 5.56 Å². The van der Waals surface area contributed by atoms with E-state index in [1.165, 1.54) is 16.8 Å². The first-order valence-electron chi connectivity index (χ1n) is 7.67. The van der Waals surface area contributed by atoms with Crippen LogP contribution in [0.3, 0.4) is 0 Å². The van der Waals surface area contributed by atoms with Gasteiger partial charge >= 0.3 is 0 Å². The minimum Gasteiger partial charge on any atom is -0.395 e. The Bertz CT molecular complexity index is 537. The number of hydrogen-bond acceptors (Lipinski definition) is 4. The molecule has 6 heteroatoms. The van der Waals surface area contributed by atoms with Crippen LogP contribution in [-0.2, 0) is 6.54 Å². The minimum absolute atomic E-state index is 0.0578. The molecule has 0 aliphatic heterocycles. The fraction of sp³-hybridized carbons (Fsp3) is 0.667. The molecule has 2 rings (SSSR count). The molecule has 21 heavy (non-hydrogen) atoms. The van der Waals surface area contributed by atoms with Crippen molar-refractivity contribution < 1.29 is 9.90 Å². The Morgan fingerprint density at radius 1 is 1.48 bits per heavy atom. The molecular formula is C15H23N3O3.